The third-order valence-electron chi connectivity index (χ3n) is 2.62. The first-order valence-corrected chi connectivity index (χ1v) is 6.18. The normalized spacial score (nSPS) is 13.9. The lowest BCUT2D eigenvalue weighted by Gasteiger charge is -2.22. The number of esters is 1. The molecule has 0 aromatic heterocycles. The number of hydrogen-bond donors (Lipinski definition) is 1. The molecule has 0 aromatic rings. The standard InChI is InChI=1S/C13H27NO2/c1-10(2)11(8-9-14)6-7-12(15)16-13(3,4)5/h10-11H,6-9,14H2,1-5H3. The Balaban J connectivity index is 3.97. The molecule has 0 aliphatic heterocycles. The monoisotopic (exact) mass is 229 g/mol. The van der Waals surface area contributed by atoms with Crippen molar-refractivity contribution in [2.75, 3.05) is 6.54 Å². The molecule has 0 aliphatic carbocycles. The average Bonchev–Trinajstić information content (AvgIpc) is 2.08. The summed E-state index contributed by atoms with van der Waals surface area (Å²) in [5.41, 5.74) is 5.18. The summed E-state index contributed by atoms with van der Waals surface area (Å²) in [5, 5.41) is 0. The van der Waals surface area contributed by atoms with Gasteiger partial charge in [-0.1, -0.05) is 13.8 Å². The zero-order valence-electron chi connectivity index (χ0n) is 11.4. The Labute approximate surface area is 99.7 Å². The number of hydrogen-bond acceptors (Lipinski definition) is 3. The van der Waals surface area contributed by atoms with Crippen LogP contribution >= 0.6 is 0 Å². The van der Waals surface area contributed by atoms with Gasteiger partial charge in [0.15, 0.2) is 0 Å². The summed E-state index contributed by atoms with van der Waals surface area (Å²) in [5.74, 6) is 0.999. The van der Waals surface area contributed by atoms with E-state index in [1.807, 2.05) is 20.8 Å². The van der Waals surface area contributed by atoms with Crippen LogP contribution in [-0.2, 0) is 9.53 Å². The fraction of sp³-hybridized carbons (Fsp3) is 0.923. The van der Waals surface area contributed by atoms with Crippen LogP contribution in [0.3, 0.4) is 0 Å². The van der Waals surface area contributed by atoms with Crippen molar-refractivity contribution in [2.24, 2.45) is 17.6 Å². The van der Waals surface area contributed by atoms with E-state index < -0.39 is 0 Å². The lowest BCUT2D eigenvalue weighted by Crippen LogP contribution is -2.24. The molecule has 0 fully saturated rings. The molecule has 96 valence electrons. The zero-order valence-corrected chi connectivity index (χ0v) is 11.4. The quantitative estimate of drug-likeness (QED) is 0.712. The van der Waals surface area contributed by atoms with Crippen LogP contribution in [0.5, 0.6) is 0 Å². The molecule has 0 saturated carbocycles. The Hall–Kier alpha value is -0.570. The summed E-state index contributed by atoms with van der Waals surface area (Å²) < 4.78 is 5.28. The first-order chi connectivity index (χ1) is 7.26. The van der Waals surface area contributed by atoms with E-state index in [1.165, 1.54) is 0 Å². The van der Waals surface area contributed by atoms with Crippen molar-refractivity contribution in [1.29, 1.82) is 0 Å². The fourth-order valence-electron chi connectivity index (χ4n) is 1.72. The number of nitrogens with two attached hydrogens (primary N) is 1. The highest BCUT2D eigenvalue weighted by Gasteiger charge is 2.19. The highest BCUT2D eigenvalue weighted by molar-refractivity contribution is 5.69. The molecule has 0 heterocycles. The second-order valence-electron chi connectivity index (χ2n) is 5.71. The minimum atomic E-state index is -0.377. The van der Waals surface area contributed by atoms with Gasteiger partial charge in [-0.2, -0.15) is 0 Å². The summed E-state index contributed by atoms with van der Waals surface area (Å²) >= 11 is 0. The van der Waals surface area contributed by atoms with Crippen molar-refractivity contribution in [2.45, 2.75) is 59.5 Å². The summed E-state index contributed by atoms with van der Waals surface area (Å²) in [6.45, 7) is 10.7. The molecule has 0 rings (SSSR count). The van der Waals surface area contributed by atoms with Gasteiger partial charge in [-0.05, 0) is 52.0 Å². The lowest BCUT2D eigenvalue weighted by molar-refractivity contribution is -0.155. The van der Waals surface area contributed by atoms with E-state index in [0.717, 1.165) is 12.8 Å². The van der Waals surface area contributed by atoms with Crippen molar-refractivity contribution < 1.29 is 9.53 Å². The van der Waals surface area contributed by atoms with Gasteiger partial charge in [0, 0.05) is 6.42 Å². The highest BCUT2D eigenvalue weighted by Crippen LogP contribution is 2.21. The fourth-order valence-corrected chi connectivity index (χ4v) is 1.72. The second kappa shape index (κ2) is 6.89. The maximum absolute atomic E-state index is 11.5. The molecule has 0 radical (unpaired) electrons. The van der Waals surface area contributed by atoms with Crippen molar-refractivity contribution in [3.8, 4) is 0 Å². The number of rotatable bonds is 6. The molecule has 16 heavy (non-hydrogen) atoms. The highest BCUT2D eigenvalue weighted by atomic mass is 16.6. The molecule has 0 saturated heterocycles. The number of ether oxygens (including phenoxy) is 1. The third kappa shape index (κ3) is 7.69. The number of carbonyl (C=O) groups excluding carboxylic acids is 1. The molecule has 3 heteroatoms. The molecule has 1 unspecified atom stereocenters. The second-order valence-corrected chi connectivity index (χ2v) is 5.71. The van der Waals surface area contributed by atoms with Crippen LogP contribution in [-0.4, -0.2) is 18.1 Å². The molecule has 0 amide bonds. The Bertz CT molecular complexity index is 206. The van der Waals surface area contributed by atoms with Crippen LogP contribution in [0.2, 0.25) is 0 Å². The Morgan fingerprint density at radius 3 is 2.19 bits per heavy atom. The first-order valence-electron chi connectivity index (χ1n) is 6.18. The molecule has 3 nitrogen and oxygen atoms in total. The van der Waals surface area contributed by atoms with Gasteiger partial charge in [0.1, 0.15) is 5.60 Å². The van der Waals surface area contributed by atoms with Crippen LogP contribution in [0.4, 0.5) is 0 Å². The van der Waals surface area contributed by atoms with Gasteiger partial charge in [-0.25, -0.2) is 0 Å². The van der Waals surface area contributed by atoms with Gasteiger partial charge in [0.25, 0.3) is 0 Å². The van der Waals surface area contributed by atoms with Crippen molar-refractivity contribution >= 4 is 5.97 Å². The van der Waals surface area contributed by atoms with E-state index in [1.54, 1.807) is 0 Å². The van der Waals surface area contributed by atoms with Crippen LogP contribution in [0.1, 0.15) is 53.9 Å². The summed E-state index contributed by atoms with van der Waals surface area (Å²) in [6, 6.07) is 0. The van der Waals surface area contributed by atoms with E-state index in [2.05, 4.69) is 13.8 Å². The van der Waals surface area contributed by atoms with E-state index in [4.69, 9.17) is 10.5 Å². The van der Waals surface area contributed by atoms with Gasteiger partial charge < -0.3 is 10.5 Å². The maximum Gasteiger partial charge on any atom is 0.306 e. The molecule has 0 bridgehead atoms. The van der Waals surface area contributed by atoms with Gasteiger partial charge in [-0.15, -0.1) is 0 Å². The largest absolute Gasteiger partial charge is 0.460 e. The first kappa shape index (κ1) is 15.4. The Morgan fingerprint density at radius 1 is 1.25 bits per heavy atom. The van der Waals surface area contributed by atoms with E-state index in [0.29, 0.717) is 24.8 Å². The molecule has 0 aliphatic rings. The Kier molecular flexibility index (Phi) is 6.65. The molecule has 0 aromatic carbocycles. The topological polar surface area (TPSA) is 52.3 Å². The number of carbonyl (C=O) groups is 1. The minimum absolute atomic E-state index is 0.102. The summed E-state index contributed by atoms with van der Waals surface area (Å²) in [4.78, 5) is 11.5. The van der Waals surface area contributed by atoms with Crippen LogP contribution < -0.4 is 5.73 Å². The summed E-state index contributed by atoms with van der Waals surface area (Å²) in [7, 11) is 0. The summed E-state index contributed by atoms with van der Waals surface area (Å²) in [6.07, 6.45) is 2.37. The van der Waals surface area contributed by atoms with Crippen LogP contribution in [0.15, 0.2) is 0 Å². The average molecular weight is 229 g/mol. The maximum atomic E-state index is 11.5. The van der Waals surface area contributed by atoms with Gasteiger partial charge >= 0.3 is 5.97 Å². The van der Waals surface area contributed by atoms with Gasteiger partial charge in [0.2, 0.25) is 0 Å². The molecular weight excluding hydrogens is 202 g/mol. The third-order valence-corrected chi connectivity index (χ3v) is 2.62. The molecule has 0 spiro atoms. The zero-order chi connectivity index (χ0) is 12.8. The smallest absolute Gasteiger partial charge is 0.306 e. The predicted octanol–water partition coefficient (Wildman–Crippen LogP) is 2.73. The minimum Gasteiger partial charge on any atom is -0.460 e. The molecular formula is C13H27NO2. The van der Waals surface area contributed by atoms with E-state index in [-0.39, 0.29) is 11.6 Å². The molecule has 2 N–H and O–H groups in total. The van der Waals surface area contributed by atoms with E-state index >= 15 is 0 Å². The van der Waals surface area contributed by atoms with Crippen molar-refractivity contribution in [3.63, 3.8) is 0 Å². The van der Waals surface area contributed by atoms with Gasteiger partial charge in [-0.3, -0.25) is 4.79 Å². The Morgan fingerprint density at radius 2 is 1.81 bits per heavy atom. The predicted molar refractivity (Wildman–Crippen MR) is 67.1 cm³/mol. The SMILES string of the molecule is CC(C)C(CCN)CCC(=O)OC(C)(C)C. The molecule has 1 atom stereocenters. The van der Waals surface area contributed by atoms with Gasteiger partial charge in [0.05, 0.1) is 0 Å². The van der Waals surface area contributed by atoms with E-state index in [9.17, 15) is 4.79 Å². The van der Waals surface area contributed by atoms with Crippen LogP contribution in [0, 0.1) is 11.8 Å². The van der Waals surface area contributed by atoms with Crippen molar-refractivity contribution in [3.05, 3.63) is 0 Å². The van der Waals surface area contributed by atoms with Crippen molar-refractivity contribution in [1.82, 2.24) is 0 Å². The van der Waals surface area contributed by atoms with Crippen LogP contribution in [0.25, 0.3) is 0 Å². The lowest BCUT2D eigenvalue weighted by atomic mass is 9.88.